The molecule has 0 saturated heterocycles. The van der Waals surface area contributed by atoms with Crippen LogP contribution in [0, 0.1) is 11.3 Å². The molecular weight excluding hydrogens is 360 g/mol. The average molecular weight is 389 g/mol. The normalized spacial score (nSPS) is 20.7. The van der Waals surface area contributed by atoms with Gasteiger partial charge in [-0.2, -0.15) is 0 Å². The Labute approximate surface area is 161 Å². The van der Waals surface area contributed by atoms with E-state index in [1.165, 1.54) is 24.6 Å². The van der Waals surface area contributed by atoms with Crippen LogP contribution in [0.4, 0.5) is 0 Å². The molecule has 0 bridgehead atoms. The number of rotatable bonds is 6. The first-order valence-corrected chi connectivity index (χ1v) is 12.1. The van der Waals surface area contributed by atoms with E-state index in [0.717, 1.165) is 11.9 Å². The van der Waals surface area contributed by atoms with Crippen LogP contribution in [0.15, 0.2) is 41.1 Å². The van der Waals surface area contributed by atoms with Crippen molar-refractivity contribution in [1.29, 1.82) is 0 Å². The van der Waals surface area contributed by atoms with Crippen molar-refractivity contribution in [3.05, 3.63) is 41.1 Å². The van der Waals surface area contributed by atoms with Crippen LogP contribution in [-0.2, 0) is 23.9 Å². The SMILES string of the molecule is COC(=O)C1(C(=O)OC)C/C(=C(\C)[Si](C)(C)c2ccccc2)C(CC=O)C1. The molecule has 1 aliphatic carbocycles. The minimum Gasteiger partial charge on any atom is -0.468 e. The lowest BCUT2D eigenvalue weighted by Crippen LogP contribution is -2.44. The van der Waals surface area contributed by atoms with E-state index < -0.39 is 25.4 Å². The number of carbonyl (C=O) groups excluding carboxylic acids is 3. The van der Waals surface area contributed by atoms with Crippen molar-refractivity contribution in [2.45, 2.75) is 39.3 Å². The van der Waals surface area contributed by atoms with Gasteiger partial charge in [0.05, 0.1) is 14.2 Å². The second-order valence-corrected chi connectivity index (χ2v) is 12.3. The highest BCUT2D eigenvalue weighted by molar-refractivity contribution is 6.95. The Balaban J connectivity index is 2.58. The average Bonchev–Trinajstić information content (AvgIpc) is 3.07. The molecule has 1 fully saturated rings. The Kier molecular flexibility index (Phi) is 6.41. The molecule has 6 heteroatoms. The number of ether oxygens (including phenoxy) is 2. The first-order chi connectivity index (χ1) is 12.7. The lowest BCUT2D eigenvalue weighted by molar-refractivity contribution is -0.168. The van der Waals surface area contributed by atoms with Gasteiger partial charge in [-0.3, -0.25) is 9.59 Å². The van der Waals surface area contributed by atoms with Crippen LogP contribution in [0.3, 0.4) is 0 Å². The van der Waals surface area contributed by atoms with E-state index in [-0.39, 0.29) is 25.2 Å². The Bertz CT molecular complexity index is 735. The summed E-state index contributed by atoms with van der Waals surface area (Å²) in [5, 5.41) is 2.48. The predicted octanol–water partition coefficient (Wildman–Crippen LogP) is 2.79. The molecule has 0 amide bonds. The van der Waals surface area contributed by atoms with Crippen LogP contribution >= 0.6 is 0 Å². The van der Waals surface area contributed by atoms with Gasteiger partial charge < -0.3 is 14.3 Å². The van der Waals surface area contributed by atoms with Crippen LogP contribution in [0.25, 0.3) is 0 Å². The van der Waals surface area contributed by atoms with Gasteiger partial charge in [-0.1, -0.05) is 59.4 Å². The lowest BCUT2D eigenvalue weighted by atomic mass is 9.85. The fraction of sp³-hybridized carbons (Fsp3) is 0.476. The molecule has 0 aliphatic heterocycles. The number of allylic oxidation sites excluding steroid dienone is 2. The maximum absolute atomic E-state index is 12.6. The summed E-state index contributed by atoms with van der Waals surface area (Å²) in [6.07, 6.45) is 1.64. The lowest BCUT2D eigenvalue weighted by Gasteiger charge is -2.28. The van der Waals surface area contributed by atoms with E-state index in [2.05, 4.69) is 32.2 Å². The number of hydrogen-bond donors (Lipinski definition) is 0. The van der Waals surface area contributed by atoms with Gasteiger partial charge in [0, 0.05) is 6.42 Å². The molecule has 1 atom stereocenters. The van der Waals surface area contributed by atoms with E-state index in [4.69, 9.17) is 9.47 Å². The van der Waals surface area contributed by atoms with Crippen LogP contribution in [-0.4, -0.2) is 40.5 Å². The van der Waals surface area contributed by atoms with Crippen molar-refractivity contribution in [3.8, 4) is 0 Å². The number of aldehydes is 1. The summed E-state index contributed by atoms with van der Waals surface area (Å²) in [5.74, 6) is -1.34. The number of carbonyl (C=O) groups is 3. The molecule has 0 aromatic heterocycles. The third-order valence-electron chi connectivity index (χ3n) is 6.03. The monoisotopic (exact) mass is 388 g/mol. The highest BCUT2D eigenvalue weighted by Gasteiger charge is 2.56. The molecule has 0 N–H and O–H groups in total. The van der Waals surface area contributed by atoms with Crippen molar-refractivity contribution < 1.29 is 23.9 Å². The van der Waals surface area contributed by atoms with Crippen molar-refractivity contribution >= 4 is 31.5 Å². The van der Waals surface area contributed by atoms with Crippen molar-refractivity contribution in [3.63, 3.8) is 0 Å². The zero-order valence-corrected chi connectivity index (χ0v) is 17.7. The minimum absolute atomic E-state index is 0.156. The summed E-state index contributed by atoms with van der Waals surface area (Å²) in [4.78, 5) is 36.4. The van der Waals surface area contributed by atoms with Gasteiger partial charge in [0.1, 0.15) is 14.4 Å². The van der Waals surface area contributed by atoms with E-state index in [9.17, 15) is 14.4 Å². The Morgan fingerprint density at radius 2 is 1.70 bits per heavy atom. The number of methoxy groups -OCH3 is 2. The summed E-state index contributed by atoms with van der Waals surface area (Å²) in [6, 6.07) is 10.3. The fourth-order valence-electron chi connectivity index (χ4n) is 4.12. The van der Waals surface area contributed by atoms with Crippen LogP contribution in [0.2, 0.25) is 13.1 Å². The van der Waals surface area contributed by atoms with Gasteiger partial charge in [-0.15, -0.1) is 0 Å². The van der Waals surface area contributed by atoms with E-state index in [0.29, 0.717) is 0 Å². The molecular formula is C21H28O5Si. The smallest absolute Gasteiger partial charge is 0.323 e. The standard InChI is InChI=1S/C21H28O5Si/c1-15(27(4,5)17-9-7-6-8-10-17)18-14-21(19(23)25-2,20(24)26-3)13-16(18)11-12-22/h6-10,12,16H,11,13-14H2,1-5H3/b18-15-. The molecule has 1 aromatic carbocycles. The third-order valence-corrected chi connectivity index (χ3v) is 10.0. The fourth-order valence-corrected chi connectivity index (χ4v) is 6.68. The summed E-state index contributed by atoms with van der Waals surface area (Å²) in [5.41, 5.74) is -0.340. The Morgan fingerprint density at radius 1 is 1.15 bits per heavy atom. The molecule has 0 radical (unpaired) electrons. The molecule has 146 valence electrons. The van der Waals surface area contributed by atoms with Crippen molar-refractivity contribution in [2.75, 3.05) is 14.2 Å². The Hall–Kier alpha value is -2.21. The van der Waals surface area contributed by atoms with Gasteiger partial charge >= 0.3 is 11.9 Å². The largest absolute Gasteiger partial charge is 0.468 e. The number of hydrogen-bond acceptors (Lipinski definition) is 5. The topological polar surface area (TPSA) is 69.7 Å². The first kappa shape index (κ1) is 21.1. The maximum Gasteiger partial charge on any atom is 0.323 e. The summed E-state index contributed by atoms with van der Waals surface area (Å²) in [7, 11) is 0.542. The van der Waals surface area contributed by atoms with Gasteiger partial charge in [0.15, 0.2) is 5.41 Å². The second kappa shape index (κ2) is 8.21. The molecule has 5 nitrogen and oxygen atoms in total. The quantitative estimate of drug-likeness (QED) is 0.324. The predicted molar refractivity (Wildman–Crippen MR) is 106 cm³/mol. The summed E-state index contributed by atoms with van der Waals surface area (Å²) in [6.45, 7) is 6.58. The first-order valence-electron chi connectivity index (χ1n) is 9.10. The Morgan fingerprint density at radius 3 is 2.19 bits per heavy atom. The van der Waals surface area contributed by atoms with Crippen LogP contribution < -0.4 is 5.19 Å². The van der Waals surface area contributed by atoms with Gasteiger partial charge in [-0.05, 0) is 25.7 Å². The highest BCUT2D eigenvalue weighted by Crippen LogP contribution is 2.50. The molecule has 1 aromatic rings. The van der Waals surface area contributed by atoms with Gasteiger partial charge in [-0.25, -0.2) is 0 Å². The van der Waals surface area contributed by atoms with Crippen molar-refractivity contribution in [2.24, 2.45) is 11.3 Å². The molecule has 0 heterocycles. The maximum atomic E-state index is 12.6. The third kappa shape index (κ3) is 3.76. The van der Waals surface area contributed by atoms with Crippen LogP contribution in [0.1, 0.15) is 26.2 Å². The molecule has 27 heavy (non-hydrogen) atoms. The van der Waals surface area contributed by atoms with E-state index >= 15 is 0 Å². The highest BCUT2D eigenvalue weighted by atomic mass is 28.3. The molecule has 1 unspecified atom stereocenters. The number of esters is 2. The minimum atomic E-state index is -2.01. The van der Waals surface area contributed by atoms with Gasteiger partial charge in [0.2, 0.25) is 0 Å². The van der Waals surface area contributed by atoms with Crippen molar-refractivity contribution in [1.82, 2.24) is 0 Å². The van der Waals surface area contributed by atoms with Crippen LogP contribution in [0.5, 0.6) is 0 Å². The van der Waals surface area contributed by atoms with E-state index in [1.807, 2.05) is 18.2 Å². The van der Waals surface area contributed by atoms with E-state index in [1.54, 1.807) is 0 Å². The second-order valence-electron chi connectivity index (χ2n) is 7.69. The zero-order valence-electron chi connectivity index (χ0n) is 16.7. The molecule has 1 aliphatic rings. The number of benzene rings is 1. The van der Waals surface area contributed by atoms with Gasteiger partial charge in [0.25, 0.3) is 0 Å². The molecule has 1 saturated carbocycles. The summed E-state index contributed by atoms with van der Waals surface area (Å²) >= 11 is 0. The molecule has 0 spiro atoms. The summed E-state index contributed by atoms with van der Waals surface area (Å²) < 4.78 is 9.89. The molecule has 2 rings (SSSR count). The zero-order chi connectivity index (χ0) is 20.2.